The van der Waals surface area contributed by atoms with E-state index in [0.717, 1.165) is 12.1 Å². The van der Waals surface area contributed by atoms with Gasteiger partial charge in [0.15, 0.2) is 6.10 Å². The first-order chi connectivity index (χ1) is 15.7. The number of carbonyl (C=O) groups excluding carboxylic acids is 2. The lowest BCUT2D eigenvalue weighted by Gasteiger charge is -2.16. The van der Waals surface area contributed by atoms with E-state index in [1.54, 1.807) is 42.5 Å². The third-order valence-corrected chi connectivity index (χ3v) is 5.60. The molecule has 0 heterocycles. The Bertz CT molecular complexity index is 1220. The van der Waals surface area contributed by atoms with E-state index in [1.807, 2.05) is 0 Å². The zero-order valence-electron chi connectivity index (χ0n) is 17.2. The molecule has 0 aliphatic carbocycles. The van der Waals surface area contributed by atoms with Gasteiger partial charge in [-0.2, -0.15) is 18.4 Å². The number of esters is 1. The largest absolute Gasteiger partial charge is 0.449 e. The fourth-order valence-corrected chi connectivity index (χ4v) is 3.80. The second-order valence-corrected chi connectivity index (χ2v) is 7.91. The summed E-state index contributed by atoms with van der Waals surface area (Å²) in [5.74, 6) is -1.55. The first-order valence-corrected chi connectivity index (χ1v) is 10.5. The lowest BCUT2D eigenvalue weighted by atomic mass is 10.2. The number of hydrogen-bond donors (Lipinski definition) is 1. The molecule has 0 aliphatic rings. The van der Waals surface area contributed by atoms with Gasteiger partial charge in [0.2, 0.25) is 0 Å². The Morgan fingerprint density at radius 3 is 2.36 bits per heavy atom. The molecule has 0 aromatic heterocycles. The summed E-state index contributed by atoms with van der Waals surface area (Å²) in [6.45, 7) is 1.32. The Balaban J connectivity index is 1.71. The molecule has 0 aliphatic heterocycles. The number of alkyl halides is 3. The number of rotatable bonds is 6. The minimum absolute atomic E-state index is 0.0678. The molecule has 5 nitrogen and oxygen atoms in total. The van der Waals surface area contributed by atoms with Crippen LogP contribution in [0.5, 0.6) is 0 Å². The number of carbonyl (C=O) groups is 2. The Hall–Kier alpha value is -3.77. The number of anilines is 1. The minimum atomic E-state index is -4.55. The van der Waals surface area contributed by atoms with Crippen LogP contribution < -0.4 is 5.32 Å². The number of ether oxygens (including phenoxy) is 1. The number of nitriles is 1. The molecule has 0 fully saturated rings. The summed E-state index contributed by atoms with van der Waals surface area (Å²) < 4.78 is 43.8. The highest BCUT2D eigenvalue weighted by Crippen LogP contribution is 2.33. The van der Waals surface area contributed by atoms with E-state index >= 15 is 0 Å². The van der Waals surface area contributed by atoms with Crippen LogP contribution in [0.3, 0.4) is 0 Å². The molecule has 0 radical (unpaired) electrons. The third kappa shape index (κ3) is 6.14. The number of nitrogens with one attached hydrogen (secondary N) is 1. The number of hydrogen-bond acceptors (Lipinski definition) is 5. The molecule has 0 saturated carbocycles. The van der Waals surface area contributed by atoms with Crippen molar-refractivity contribution in [2.75, 3.05) is 5.32 Å². The molecule has 3 aromatic rings. The smallest absolute Gasteiger partial charge is 0.416 e. The summed E-state index contributed by atoms with van der Waals surface area (Å²) >= 11 is 1.21. The van der Waals surface area contributed by atoms with Crippen LogP contribution in [0.1, 0.15) is 28.4 Å². The van der Waals surface area contributed by atoms with Crippen molar-refractivity contribution in [1.29, 1.82) is 5.26 Å². The lowest BCUT2D eigenvalue weighted by Crippen LogP contribution is -2.30. The van der Waals surface area contributed by atoms with Gasteiger partial charge in [-0.3, -0.25) is 4.79 Å². The van der Waals surface area contributed by atoms with Crippen LogP contribution in [-0.2, 0) is 15.7 Å². The van der Waals surface area contributed by atoms with Crippen molar-refractivity contribution < 1.29 is 27.5 Å². The van der Waals surface area contributed by atoms with Gasteiger partial charge in [0.05, 0.1) is 16.7 Å². The second-order valence-electron chi connectivity index (χ2n) is 6.82. The maximum absolute atomic E-state index is 12.9. The first-order valence-electron chi connectivity index (χ1n) is 9.64. The number of nitrogens with zero attached hydrogens (tertiary/aromatic N) is 1. The Morgan fingerprint density at radius 2 is 1.67 bits per heavy atom. The van der Waals surface area contributed by atoms with Crippen LogP contribution in [0.15, 0.2) is 82.6 Å². The van der Waals surface area contributed by atoms with Crippen LogP contribution in [0, 0.1) is 11.3 Å². The van der Waals surface area contributed by atoms with Gasteiger partial charge in [-0.15, -0.1) is 0 Å². The van der Waals surface area contributed by atoms with Crippen molar-refractivity contribution in [3.8, 4) is 6.07 Å². The van der Waals surface area contributed by atoms with Gasteiger partial charge < -0.3 is 10.1 Å². The van der Waals surface area contributed by atoms with Gasteiger partial charge in [-0.1, -0.05) is 42.1 Å². The summed E-state index contributed by atoms with van der Waals surface area (Å²) in [5.41, 5.74) is -0.344. The summed E-state index contributed by atoms with van der Waals surface area (Å²) in [5, 5.41) is 11.6. The van der Waals surface area contributed by atoms with Crippen molar-refractivity contribution in [3.05, 3.63) is 89.5 Å². The Labute approximate surface area is 192 Å². The molecule has 0 saturated heterocycles. The predicted molar refractivity (Wildman–Crippen MR) is 117 cm³/mol. The van der Waals surface area contributed by atoms with E-state index in [4.69, 9.17) is 4.74 Å². The summed E-state index contributed by atoms with van der Waals surface area (Å²) in [6, 6.07) is 19.7. The Kier molecular flexibility index (Phi) is 7.41. The third-order valence-electron chi connectivity index (χ3n) is 4.44. The van der Waals surface area contributed by atoms with Crippen LogP contribution in [0.2, 0.25) is 0 Å². The van der Waals surface area contributed by atoms with E-state index in [1.165, 1.54) is 36.9 Å². The van der Waals surface area contributed by atoms with Crippen molar-refractivity contribution in [2.45, 2.75) is 29.0 Å². The average molecular weight is 470 g/mol. The van der Waals surface area contributed by atoms with Crippen molar-refractivity contribution in [3.63, 3.8) is 0 Å². The zero-order valence-corrected chi connectivity index (χ0v) is 18.0. The molecule has 1 amide bonds. The number of halogens is 3. The SMILES string of the molecule is C[C@H](OC(=O)c1ccccc1Sc1ccccc1C#N)C(=O)Nc1cccc(C(F)(F)F)c1. The fourth-order valence-electron chi connectivity index (χ4n) is 2.79. The highest BCUT2D eigenvalue weighted by molar-refractivity contribution is 7.99. The summed E-state index contributed by atoms with van der Waals surface area (Å²) in [6.07, 6.45) is -5.82. The van der Waals surface area contributed by atoms with Crippen LogP contribution in [0.4, 0.5) is 18.9 Å². The van der Waals surface area contributed by atoms with E-state index in [-0.39, 0.29) is 11.3 Å². The molecule has 33 heavy (non-hydrogen) atoms. The first kappa shape index (κ1) is 23.9. The quantitative estimate of drug-likeness (QED) is 0.453. The van der Waals surface area contributed by atoms with Crippen LogP contribution >= 0.6 is 11.8 Å². The van der Waals surface area contributed by atoms with Crippen molar-refractivity contribution in [2.24, 2.45) is 0 Å². The normalized spacial score (nSPS) is 11.8. The lowest BCUT2D eigenvalue weighted by molar-refractivity contribution is -0.137. The topological polar surface area (TPSA) is 79.2 Å². The molecule has 168 valence electrons. The standard InChI is InChI=1S/C24H17F3N2O3S/c1-15(22(30)29-18-9-6-8-17(13-18)24(25,26)27)32-23(31)19-10-3-5-12-21(19)33-20-11-4-2-7-16(20)14-28/h2-13,15H,1H3,(H,29,30)/t15-/m0/s1. The van der Waals surface area contributed by atoms with Gasteiger partial charge in [0.25, 0.3) is 5.91 Å². The zero-order chi connectivity index (χ0) is 24.0. The van der Waals surface area contributed by atoms with E-state index in [0.29, 0.717) is 15.4 Å². The maximum atomic E-state index is 12.9. The molecule has 0 spiro atoms. The fraction of sp³-hybridized carbons (Fsp3) is 0.125. The van der Waals surface area contributed by atoms with Gasteiger partial charge in [0.1, 0.15) is 6.07 Å². The second kappa shape index (κ2) is 10.2. The number of benzene rings is 3. The Morgan fingerprint density at radius 1 is 1.00 bits per heavy atom. The van der Waals surface area contributed by atoms with Gasteiger partial charge in [-0.05, 0) is 49.4 Å². The van der Waals surface area contributed by atoms with Gasteiger partial charge in [-0.25, -0.2) is 4.79 Å². The highest BCUT2D eigenvalue weighted by Gasteiger charge is 2.30. The molecule has 3 aromatic carbocycles. The molecule has 1 atom stereocenters. The minimum Gasteiger partial charge on any atom is -0.449 e. The average Bonchev–Trinajstić information content (AvgIpc) is 2.79. The van der Waals surface area contributed by atoms with Crippen molar-refractivity contribution in [1.82, 2.24) is 0 Å². The van der Waals surface area contributed by atoms with E-state index in [2.05, 4.69) is 11.4 Å². The van der Waals surface area contributed by atoms with Gasteiger partial charge in [0, 0.05) is 15.5 Å². The molecule has 0 bridgehead atoms. The van der Waals surface area contributed by atoms with E-state index < -0.39 is 29.7 Å². The molecule has 9 heteroatoms. The van der Waals surface area contributed by atoms with Crippen LogP contribution in [-0.4, -0.2) is 18.0 Å². The summed E-state index contributed by atoms with van der Waals surface area (Å²) in [7, 11) is 0. The van der Waals surface area contributed by atoms with Crippen LogP contribution in [0.25, 0.3) is 0 Å². The molecule has 1 N–H and O–H groups in total. The monoisotopic (exact) mass is 470 g/mol. The highest BCUT2D eigenvalue weighted by atomic mass is 32.2. The molecular weight excluding hydrogens is 453 g/mol. The molecular formula is C24H17F3N2O3S. The molecule has 3 rings (SSSR count). The maximum Gasteiger partial charge on any atom is 0.416 e. The predicted octanol–water partition coefficient (Wildman–Crippen LogP) is 5.91. The number of amides is 1. The van der Waals surface area contributed by atoms with Crippen molar-refractivity contribution >= 4 is 29.3 Å². The van der Waals surface area contributed by atoms with Gasteiger partial charge >= 0.3 is 12.1 Å². The molecule has 0 unspecified atom stereocenters. The summed E-state index contributed by atoms with van der Waals surface area (Å²) in [4.78, 5) is 26.3. The van der Waals surface area contributed by atoms with E-state index in [9.17, 15) is 28.0 Å².